The van der Waals surface area contributed by atoms with Crippen LogP contribution in [0.1, 0.15) is 12.0 Å². The summed E-state index contributed by atoms with van der Waals surface area (Å²) in [7, 11) is 0. The number of anilines is 1. The normalized spacial score (nSPS) is 10.4. The van der Waals surface area contributed by atoms with Crippen molar-refractivity contribution < 1.29 is 18.7 Å². The second-order valence-electron chi connectivity index (χ2n) is 4.67. The molecule has 0 heterocycles. The van der Waals surface area contributed by atoms with Crippen LogP contribution in [0.15, 0.2) is 48.5 Å². The van der Waals surface area contributed by atoms with Gasteiger partial charge in [-0.15, -0.1) is 0 Å². The molecule has 0 aliphatic carbocycles. The summed E-state index contributed by atoms with van der Waals surface area (Å²) in [5.74, 6) is -1.64. The summed E-state index contributed by atoms with van der Waals surface area (Å²) in [5.41, 5.74) is 1.42. The summed E-state index contributed by atoms with van der Waals surface area (Å²) in [6.45, 7) is 0.632. The van der Waals surface area contributed by atoms with Gasteiger partial charge in [-0.1, -0.05) is 18.2 Å². The van der Waals surface area contributed by atoms with Gasteiger partial charge in [-0.05, 0) is 35.9 Å². The Kier molecular flexibility index (Phi) is 4.87. The lowest BCUT2D eigenvalue weighted by molar-refractivity contribution is -0.136. The van der Waals surface area contributed by atoms with Gasteiger partial charge < -0.3 is 10.0 Å². The lowest BCUT2D eigenvalue weighted by Crippen LogP contribution is -2.25. The fourth-order valence-electron chi connectivity index (χ4n) is 2.01. The van der Waals surface area contributed by atoms with Crippen molar-refractivity contribution in [2.45, 2.75) is 13.0 Å². The molecular weight excluding hydrogens is 276 g/mol. The number of nitrogens with zero attached hydrogens (tertiary/aromatic N) is 1. The summed E-state index contributed by atoms with van der Waals surface area (Å²) in [6, 6.07) is 11.9. The average Bonchev–Trinajstić information content (AvgIpc) is 2.45. The van der Waals surface area contributed by atoms with Gasteiger partial charge in [0.05, 0.1) is 6.42 Å². The first kappa shape index (κ1) is 15.0. The molecule has 3 nitrogen and oxygen atoms in total. The van der Waals surface area contributed by atoms with Crippen LogP contribution in [0, 0.1) is 11.6 Å². The van der Waals surface area contributed by atoms with Crippen LogP contribution < -0.4 is 4.90 Å². The Morgan fingerprint density at radius 2 is 1.76 bits per heavy atom. The van der Waals surface area contributed by atoms with Crippen LogP contribution in [-0.4, -0.2) is 17.6 Å². The first-order valence-corrected chi connectivity index (χ1v) is 6.51. The van der Waals surface area contributed by atoms with Gasteiger partial charge in [0.1, 0.15) is 11.6 Å². The number of aliphatic carboxylic acids is 1. The third-order valence-electron chi connectivity index (χ3n) is 3.06. The highest BCUT2D eigenvalue weighted by molar-refractivity contribution is 5.67. The second-order valence-corrected chi connectivity index (χ2v) is 4.67. The van der Waals surface area contributed by atoms with Crippen LogP contribution in [0.2, 0.25) is 0 Å². The van der Waals surface area contributed by atoms with Gasteiger partial charge in [0.15, 0.2) is 0 Å². The topological polar surface area (TPSA) is 40.5 Å². The van der Waals surface area contributed by atoms with Gasteiger partial charge in [-0.2, -0.15) is 0 Å². The number of hydrogen-bond acceptors (Lipinski definition) is 2. The molecule has 0 fully saturated rings. The molecule has 0 unspecified atom stereocenters. The zero-order valence-corrected chi connectivity index (χ0v) is 11.3. The number of benzene rings is 2. The minimum Gasteiger partial charge on any atom is -0.481 e. The quantitative estimate of drug-likeness (QED) is 0.886. The first-order valence-electron chi connectivity index (χ1n) is 6.51. The van der Waals surface area contributed by atoms with Gasteiger partial charge in [0.2, 0.25) is 0 Å². The Labute approximate surface area is 121 Å². The molecule has 0 saturated heterocycles. The molecule has 5 heteroatoms. The van der Waals surface area contributed by atoms with Gasteiger partial charge in [0.25, 0.3) is 0 Å². The molecule has 0 amide bonds. The molecule has 2 aromatic carbocycles. The predicted octanol–water partition coefficient (Wildman–Crippen LogP) is 3.45. The fourth-order valence-corrected chi connectivity index (χ4v) is 2.01. The van der Waals surface area contributed by atoms with E-state index in [0.29, 0.717) is 12.2 Å². The lowest BCUT2D eigenvalue weighted by atomic mass is 10.2. The van der Waals surface area contributed by atoms with E-state index in [9.17, 15) is 13.6 Å². The van der Waals surface area contributed by atoms with E-state index in [1.807, 2.05) is 0 Å². The van der Waals surface area contributed by atoms with Gasteiger partial charge in [-0.3, -0.25) is 4.79 Å². The molecule has 0 aliphatic heterocycles. The number of carboxylic acids is 1. The number of carbonyl (C=O) groups is 1. The maximum absolute atomic E-state index is 13.3. The molecule has 110 valence electrons. The summed E-state index contributed by atoms with van der Waals surface area (Å²) < 4.78 is 26.2. The standard InChI is InChI=1S/C16H15F2NO2/c17-13-6-4-12(5-7-13)11-19(9-8-16(20)21)15-3-1-2-14(18)10-15/h1-7,10H,8-9,11H2,(H,20,21). The van der Waals surface area contributed by atoms with Crippen LogP contribution in [-0.2, 0) is 11.3 Å². The molecular formula is C16H15F2NO2. The van der Waals surface area contributed by atoms with E-state index in [4.69, 9.17) is 5.11 Å². The molecule has 0 spiro atoms. The van der Waals surface area contributed by atoms with E-state index in [-0.39, 0.29) is 24.6 Å². The van der Waals surface area contributed by atoms with Crippen LogP contribution in [0.5, 0.6) is 0 Å². The minimum atomic E-state index is -0.921. The summed E-state index contributed by atoms with van der Waals surface area (Å²) in [6.07, 6.45) is -0.0578. The third kappa shape index (κ3) is 4.56. The van der Waals surface area contributed by atoms with Crippen LogP contribution >= 0.6 is 0 Å². The van der Waals surface area contributed by atoms with Crippen molar-refractivity contribution in [2.75, 3.05) is 11.4 Å². The average molecular weight is 291 g/mol. The highest BCUT2D eigenvalue weighted by Crippen LogP contribution is 2.19. The molecule has 1 N–H and O–H groups in total. The summed E-state index contributed by atoms with van der Waals surface area (Å²) >= 11 is 0. The molecule has 0 atom stereocenters. The summed E-state index contributed by atoms with van der Waals surface area (Å²) in [4.78, 5) is 12.5. The fraction of sp³-hybridized carbons (Fsp3) is 0.188. The van der Waals surface area contributed by atoms with Crippen LogP contribution in [0.25, 0.3) is 0 Å². The number of halogens is 2. The SMILES string of the molecule is O=C(O)CCN(Cc1ccc(F)cc1)c1cccc(F)c1. The molecule has 0 aliphatic rings. The van der Waals surface area contributed by atoms with Gasteiger partial charge in [0, 0.05) is 18.8 Å². The molecule has 0 saturated carbocycles. The highest BCUT2D eigenvalue weighted by atomic mass is 19.1. The van der Waals surface area contributed by atoms with Crippen molar-refractivity contribution in [2.24, 2.45) is 0 Å². The van der Waals surface area contributed by atoms with Crippen molar-refractivity contribution >= 4 is 11.7 Å². The van der Waals surface area contributed by atoms with E-state index in [0.717, 1.165) is 5.56 Å². The van der Waals surface area contributed by atoms with Crippen LogP contribution in [0.4, 0.5) is 14.5 Å². The van der Waals surface area contributed by atoms with E-state index in [1.165, 1.54) is 24.3 Å². The van der Waals surface area contributed by atoms with Crippen molar-refractivity contribution in [3.05, 3.63) is 65.7 Å². The van der Waals surface area contributed by atoms with Crippen LogP contribution in [0.3, 0.4) is 0 Å². The third-order valence-corrected chi connectivity index (χ3v) is 3.06. The number of rotatable bonds is 6. The number of carboxylic acid groups (broad SMARTS) is 1. The Morgan fingerprint density at radius 3 is 2.38 bits per heavy atom. The highest BCUT2D eigenvalue weighted by Gasteiger charge is 2.10. The molecule has 0 aromatic heterocycles. The predicted molar refractivity (Wildman–Crippen MR) is 76.1 cm³/mol. The van der Waals surface area contributed by atoms with Crippen molar-refractivity contribution in [3.63, 3.8) is 0 Å². The molecule has 0 bridgehead atoms. The maximum atomic E-state index is 13.3. The van der Waals surface area contributed by atoms with E-state index >= 15 is 0 Å². The zero-order chi connectivity index (χ0) is 15.2. The van der Waals surface area contributed by atoms with E-state index < -0.39 is 5.97 Å². The molecule has 21 heavy (non-hydrogen) atoms. The van der Waals surface area contributed by atoms with Gasteiger partial charge in [-0.25, -0.2) is 8.78 Å². The largest absolute Gasteiger partial charge is 0.481 e. The number of hydrogen-bond donors (Lipinski definition) is 1. The van der Waals surface area contributed by atoms with Crippen molar-refractivity contribution in [1.82, 2.24) is 0 Å². The van der Waals surface area contributed by atoms with Crippen molar-refractivity contribution in [1.29, 1.82) is 0 Å². The smallest absolute Gasteiger partial charge is 0.305 e. The zero-order valence-electron chi connectivity index (χ0n) is 11.3. The molecule has 2 rings (SSSR count). The maximum Gasteiger partial charge on any atom is 0.305 e. The minimum absolute atomic E-state index is 0.0578. The Morgan fingerprint density at radius 1 is 1.05 bits per heavy atom. The van der Waals surface area contributed by atoms with E-state index in [2.05, 4.69) is 0 Å². The monoisotopic (exact) mass is 291 g/mol. The Hall–Kier alpha value is -2.43. The molecule has 2 aromatic rings. The van der Waals surface area contributed by atoms with Crippen molar-refractivity contribution in [3.8, 4) is 0 Å². The van der Waals surface area contributed by atoms with Gasteiger partial charge >= 0.3 is 5.97 Å². The summed E-state index contributed by atoms with van der Waals surface area (Å²) in [5, 5.41) is 8.82. The lowest BCUT2D eigenvalue weighted by Gasteiger charge is -2.24. The first-order chi connectivity index (χ1) is 10.0. The second kappa shape index (κ2) is 6.83. The Balaban J connectivity index is 2.19. The molecule has 0 radical (unpaired) electrons. The van der Waals surface area contributed by atoms with E-state index in [1.54, 1.807) is 29.2 Å². The Bertz CT molecular complexity index is 614.